The molecule has 0 heterocycles. The zero-order chi connectivity index (χ0) is 60.7. The third-order valence-corrected chi connectivity index (χ3v) is 21.0. The maximum atomic E-state index is 12.4. The fourth-order valence-corrected chi connectivity index (χ4v) is 14.6. The molecule has 4 N–H and O–H groups in total. The fraction of sp³-hybridized carbons (Fsp3) is 1.00. The SMILES string of the molecule is CCCCCCCCCCCCCCCC[NH+](C)CCCP(=O)(OCC)OCC.CCCCCCCCCCCCCCCC[NH+](C)CCCP(=O)([O-])O.CCCCCCCCCCCCCC[NH+](C)CCCP(=O)(OCC)OCC.[Br-].[Br-]. The molecule has 0 amide bonds. The Bertz CT molecular complexity index is 1360. The van der Waals surface area contributed by atoms with Crippen LogP contribution in [0.2, 0.25) is 0 Å². The van der Waals surface area contributed by atoms with Gasteiger partial charge in [-0.25, -0.2) is 0 Å². The van der Waals surface area contributed by atoms with Crippen molar-refractivity contribution >= 4 is 22.8 Å². The summed E-state index contributed by atoms with van der Waals surface area (Å²) in [6.07, 6.45) is 59.2. The van der Waals surface area contributed by atoms with Gasteiger partial charge in [0.1, 0.15) is 7.60 Å². The molecule has 83 heavy (non-hydrogen) atoms. The molecule has 0 saturated heterocycles. The molecule has 12 nitrogen and oxygen atoms in total. The van der Waals surface area contributed by atoms with E-state index in [0.717, 1.165) is 39.0 Å². The summed E-state index contributed by atoms with van der Waals surface area (Å²) in [5.41, 5.74) is 0. The summed E-state index contributed by atoms with van der Waals surface area (Å²) >= 11 is 0. The van der Waals surface area contributed by atoms with Gasteiger partial charge >= 0.3 is 15.2 Å². The van der Waals surface area contributed by atoms with Crippen LogP contribution in [0, 0.1) is 0 Å². The molecule has 17 heteroatoms. The molecule has 0 spiro atoms. The molecule has 0 bridgehead atoms. The molecule has 4 unspecified atom stereocenters. The molecule has 0 radical (unpaired) electrons. The Morgan fingerprint density at radius 1 is 0.277 bits per heavy atom. The highest BCUT2D eigenvalue weighted by molar-refractivity contribution is 7.54. The number of hydrogen-bond acceptors (Lipinski definition) is 8. The predicted octanol–water partition coefficient (Wildman–Crippen LogP) is 10.4. The molecule has 0 aromatic heterocycles. The van der Waals surface area contributed by atoms with E-state index in [2.05, 4.69) is 41.9 Å². The van der Waals surface area contributed by atoms with Gasteiger partial charge in [0.25, 0.3) is 0 Å². The van der Waals surface area contributed by atoms with Gasteiger partial charge in [-0.2, -0.15) is 0 Å². The number of hydrogen-bond donors (Lipinski definition) is 4. The van der Waals surface area contributed by atoms with Crippen LogP contribution in [0.25, 0.3) is 0 Å². The molecule has 0 aliphatic carbocycles. The number of quaternary nitrogens is 3. The largest absolute Gasteiger partial charge is 1.00 e. The maximum Gasteiger partial charge on any atom is 0.330 e. The summed E-state index contributed by atoms with van der Waals surface area (Å²) in [5, 5.41) is 0. The van der Waals surface area contributed by atoms with Gasteiger partial charge in [-0.05, 0) is 66.2 Å². The first-order valence-electron chi connectivity index (χ1n) is 35.3. The number of unbranched alkanes of at least 4 members (excludes halogenated alkanes) is 37. The molecule has 0 aromatic rings. The molecular formula is C66H146Br2N3O9P3. The average molecular weight is 1380 g/mol. The highest BCUT2D eigenvalue weighted by atomic mass is 79.9. The monoisotopic (exact) mass is 1380 g/mol. The number of halogens is 2. The van der Waals surface area contributed by atoms with E-state index in [1.165, 1.54) is 285 Å². The Balaban J connectivity index is -0.000000363. The van der Waals surface area contributed by atoms with Crippen LogP contribution in [0.15, 0.2) is 0 Å². The van der Waals surface area contributed by atoms with Gasteiger partial charge in [-0.15, -0.1) is 0 Å². The van der Waals surface area contributed by atoms with Gasteiger partial charge in [0.05, 0.1) is 99.2 Å². The summed E-state index contributed by atoms with van der Waals surface area (Å²) in [6.45, 7) is 22.6. The zero-order valence-electron chi connectivity index (χ0n) is 56.9. The molecule has 0 rings (SSSR count). The van der Waals surface area contributed by atoms with E-state index in [0.29, 0.717) is 45.2 Å². The van der Waals surface area contributed by atoms with E-state index in [1.54, 1.807) is 0 Å². The third-order valence-electron chi connectivity index (χ3n) is 15.8. The quantitative estimate of drug-likeness (QED) is 0.0346. The minimum atomic E-state index is -4.05. The van der Waals surface area contributed by atoms with Crippen LogP contribution in [0.3, 0.4) is 0 Å². The summed E-state index contributed by atoms with van der Waals surface area (Å²) < 4.78 is 57.0. The number of nitrogens with one attached hydrogen (secondary N) is 3. The van der Waals surface area contributed by atoms with E-state index in [9.17, 15) is 18.6 Å². The molecular weight excluding hydrogens is 1230 g/mol. The summed E-state index contributed by atoms with van der Waals surface area (Å²) in [4.78, 5) is 23.8. The Morgan fingerprint density at radius 3 is 0.602 bits per heavy atom. The van der Waals surface area contributed by atoms with Gasteiger partial charge in [0, 0.05) is 25.4 Å². The van der Waals surface area contributed by atoms with Gasteiger partial charge in [-0.1, -0.05) is 239 Å². The van der Waals surface area contributed by atoms with Crippen molar-refractivity contribution in [1.82, 2.24) is 0 Å². The number of rotatable bonds is 63. The Labute approximate surface area is 539 Å². The van der Waals surface area contributed by atoms with Crippen LogP contribution in [0.4, 0.5) is 0 Å². The normalized spacial score (nSPS) is 13.4. The smallest absolute Gasteiger partial charge is 0.330 e. The van der Waals surface area contributed by atoms with Crippen molar-refractivity contribution in [2.75, 3.05) is 105 Å². The van der Waals surface area contributed by atoms with Gasteiger partial charge < -0.3 is 81.1 Å². The van der Waals surface area contributed by atoms with Crippen LogP contribution >= 0.6 is 22.8 Å². The minimum absolute atomic E-state index is 0. The second-order valence-corrected chi connectivity index (χ2v) is 30.3. The van der Waals surface area contributed by atoms with Crippen molar-refractivity contribution in [3.05, 3.63) is 0 Å². The highest BCUT2D eigenvalue weighted by Crippen LogP contribution is 2.49. The van der Waals surface area contributed by atoms with Crippen LogP contribution in [-0.2, 0) is 31.8 Å². The molecule has 0 aliphatic heterocycles. The van der Waals surface area contributed by atoms with E-state index in [-0.39, 0.29) is 40.1 Å². The molecule has 0 saturated carbocycles. The van der Waals surface area contributed by atoms with Crippen molar-refractivity contribution in [2.45, 2.75) is 325 Å². The highest BCUT2D eigenvalue weighted by Gasteiger charge is 2.24. The first kappa shape index (κ1) is 93.0. The van der Waals surface area contributed by atoms with Crippen LogP contribution in [-0.4, -0.2) is 110 Å². The fourth-order valence-electron chi connectivity index (χ4n) is 10.7. The zero-order valence-corrected chi connectivity index (χ0v) is 62.8. The summed E-state index contributed by atoms with van der Waals surface area (Å²) in [5.74, 6) is 0. The van der Waals surface area contributed by atoms with E-state index in [1.807, 2.05) is 27.7 Å². The molecule has 0 aromatic carbocycles. The van der Waals surface area contributed by atoms with Crippen molar-refractivity contribution < 1.29 is 90.2 Å². The minimum Gasteiger partial charge on any atom is -1.00 e. The van der Waals surface area contributed by atoms with Crippen molar-refractivity contribution in [2.24, 2.45) is 0 Å². The summed E-state index contributed by atoms with van der Waals surface area (Å²) in [6, 6.07) is 0. The van der Waals surface area contributed by atoms with Crippen molar-refractivity contribution in [3.8, 4) is 0 Å². The predicted molar refractivity (Wildman–Crippen MR) is 352 cm³/mol. The second kappa shape index (κ2) is 72.4. The summed E-state index contributed by atoms with van der Waals surface area (Å²) in [7, 11) is -3.15. The van der Waals surface area contributed by atoms with Gasteiger partial charge in [0.2, 0.25) is 0 Å². The topological polar surface area (TPSA) is 145 Å². The molecule has 508 valence electrons. The molecule has 4 atom stereocenters. The third kappa shape index (κ3) is 77.5. The lowest BCUT2D eigenvalue weighted by molar-refractivity contribution is -0.879. The molecule has 0 fully saturated rings. The Hall–Kier alpha value is 1.29. The maximum absolute atomic E-state index is 12.4. The van der Waals surface area contributed by atoms with Crippen LogP contribution in [0.1, 0.15) is 325 Å². The van der Waals surface area contributed by atoms with E-state index in [4.69, 9.17) is 23.0 Å². The van der Waals surface area contributed by atoms with Crippen LogP contribution in [0.5, 0.6) is 0 Å². The van der Waals surface area contributed by atoms with Crippen molar-refractivity contribution in [1.29, 1.82) is 0 Å². The standard InChI is InChI=1S/C24H52NO3P.C22H48NO3P.C20H44NO3P.2BrH/c1-5-8-9-10-11-12-13-14-15-16-17-18-19-20-22-25(4)23-21-24-29(26,27-6-2)28-7-3;1-5-8-9-10-11-12-13-14-15-16-17-18-20-23(4)21-19-22-27(24,25-6-2)26-7-3;1-3-4-5-6-7-8-9-10-11-12-13-14-15-16-18-21(2)19-17-20-25(22,23)24;;/h5-24H2,1-4H3;5-22H2,1-4H3;3-20H2,1-2H3,(H2,22,23,24);2*1H. The lowest BCUT2D eigenvalue weighted by Crippen LogP contribution is -3.09. The first-order chi connectivity index (χ1) is 39.1. The first-order valence-corrected chi connectivity index (χ1v) is 40.6. The van der Waals surface area contributed by atoms with Gasteiger partial charge in [-0.3, -0.25) is 9.13 Å². The van der Waals surface area contributed by atoms with Gasteiger partial charge in [0.15, 0.2) is 0 Å². The Kier molecular flexibility index (Phi) is 81.1. The average Bonchev–Trinajstić information content (AvgIpc) is 3.44. The Morgan fingerprint density at radius 2 is 0.434 bits per heavy atom. The van der Waals surface area contributed by atoms with Crippen molar-refractivity contribution in [3.63, 3.8) is 0 Å². The van der Waals surface area contributed by atoms with Crippen LogP contribution < -0.4 is 53.6 Å². The van der Waals surface area contributed by atoms with E-state index < -0.39 is 22.8 Å². The lowest BCUT2D eigenvalue weighted by Gasteiger charge is -2.18. The van der Waals surface area contributed by atoms with E-state index >= 15 is 0 Å². The second-order valence-electron chi connectivity index (χ2n) is 24.2. The lowest BCUT2D eigenvalue weighted by atomic mass is 10.0. The molecule has 0 aliphatic rings.